The minimum absolute atomic E-state index is 0.0522. The number of hydrogen-bond acceptors (Lipinski definition) is 4. The van der Waals surface area contributed by atoms with Gasteiger partial charge in [-0.3, -0.25) is 0 Å². The van der Waals surface area contributed by atoms with Crippen LogP contribution in [0.4, 0.5) is 11.4 Å². The molecule has 4 rings (SSSR count). The molecular weight excluding hydrogens is 380 g/mol. The molecule has 0 saturated carbocycles. The topological polar surface area (TPSA) is 86.2 Å². The van der Waals surface area contributed by atoms with E-state index in [1.54, 1.807) is 24.3 Å². The quantitative estimate of drug-likeness (QED) is 0.471. The van der Waals surface area contributed by atoms with Crippen molar-refractivity contribution >= 4 is 21.2 Å². The molecule has 0 aromatic heterocycles. The Bertz CT molecular complexity index is 1170. The van der Waals surface area contributed by atoms with Crippen LogP contribution in [0.3, 0.4) is 0 Å². The molecular formula is C24H20N2O2S. The van der Waals surface area contributed by atoms with Gasteiger partial charge in [0.1, 0.15) is 0 Å². The summed E-state index contributed by atoms with van der Waals surface area (Å²) in [5, 5.41) is 0. The largest absolute Gasteiger partial charge is 0.398 e. The second-order valence-corrected chi connectivity index (χ2v) is 8.63. The first-order valence-corrected chi connectivity index (χ1v) is 10.6. The Labute approximate surface area is 170 Å². The third-order valence-electron chi connectivity index (χ3n) is 4.81. The molecule has 0 aliphatic rings. The second-order valence-electron chi connectivity index (χ2n) is 6.74. The highest BCUT2D eigenvalue weighted by molar-refractivity contribution is 7.91. The van der Waals surface area contributed by atoms with Crippen molar-refractivity contribution < 1.29 is 8.42 Å². The summed E-state index contributed by atoms with van der Waals surface area (Å²) in [4.78, 5) is 0.104. The molecule has 4 aromatic rings. The van der Waals surface area contributed by atoms with Crippen LogP contribution < -0.4 is 11.5 Å². The van der Waals surface area contributed by atoms with Crippen LogP contribution in [0.2, 0.25) is 0 Å². The fraction of sp³-hybridized carbons (Fsp3) is 0. The van der Waals surface area contributed by atoms with Crippen molar-refractivity contribution in [2.75, 3.05) is 11.5 Å². The van der Waals surface area contributed by atoms with Gasteiger partial charge in [0.05, 0.1) is 21.2 Å². The Morgan fingerprint density at radius 3 is 1.21 bits per heavy atom. The molecule has 0 aliphatic heterocycles. The summed E-state index contributed by atoms with van der Waals surface area (Å²) in [5.74, 6) is 0. The number of nitrogens with two attached hydrogens (primary N) is 2. The molecule has 4 aromatic carbocycles. The van der Waals surface area contributed by atoms with Crippen LogP contribution in [0.15, 0.2) is 107 Å². The van der Waals surface area contributed by atoms with Crippen molar-refractivity contribution in [3.8, 4) is 22.3 Å². The first-order chi connectivity index (χ1) is 14.0. The van der Waals surface area contributed by atoms with E-state index in [0.717, 1.165) is 22.3 Å². The molecule has 0 radical (unpaired) electrons. The number of anilines is 2. The number of benzene rings is 4. The summed E-state index contributed by atoms with van der Waals surface area (Å²) in [5.41, 5.74) is 16.3. The lowest BCUT2D eigenvalue weighted by atomic mass is 10.1. The average molecular weight is 401 g/mol. The van der Waals surface area contributed by atoms with Crippen LogP contribution in [-0.4, -0.2) is 8.42 Å². The smallest absolute Gasteiger partial charge is 0.210 e. The van der Waals surface area contributed by atoms with Gasteiger partial charge in [-0.05, 0) is 46.5 Å². The predicted molar refractivity (Wildman–Crippen MR) is 118 cm³/mol. The van der Waals surface area contributed by atoms with Gasteiger partial charge in [-0.1, -0.05) is 72.8 Å². The van der Waals surface area contributed by atoms with Gasteiger partial charge >= 0.3 is 0 Å². The third kappa shape index (κ3) is 3.60. The molecule has 4 N–H and O–H groups in total. The highest BCUT2D eigenvalue weighted by Gasteiger charge is 2.23. The number of sulfone groups is 1. The summed E-state index contributed by atoms with van der Waals surface area (Å²) < 4.78 is 26.4. The molecule has 0 heterocycles. The maximum Gasteiger partial charge on any atom is 0.210 e. The van der Waals surface area contributed by atoms with Gasteiger partial charge in [0.25, 0.3) is 0 Å². The van der Waals surface area contributed by atoms with E-state index in [1.807, 2.05) is 60.7 Å². The van der Waals surface area contributed by atoms with Crippen molar-refractivity contribution in [2.24, 2.45) is 0 Å². The van der Waals surface area contributed by atoms with Crippen molar-refractivity contribution in [3.63, 3.8) is 0 Å². The number of rotatable bonds is 4. The monoisotopic (exact) mass is 400 g/mol. The van der Waals surface area contributed by atoms with Gasteiger partial charge in [-0.2, -0.15) is 0 Å². The summed E-state index contributed by atoms with van der Waals surface area (Å²) >= 11 is 0. The Kier molecular flexibility index (Phi) is 4.82. The van der Waals surface area contributed by atoms with Gasteiger partial charge < -0.3 is 11.5 Å². The van der Waals surface area contributed by atoms with Crippen LogP contribution in [0.25, 0.3) is 22.3 Å². The van der Waals surface area contributed by atoms with E-state index in [1.165, 1.54) is 12.1 Å². The average Bonchev–Trinajstić information content (AvgIpc) is 2.74. The molecule has 0 aliphatic carbocycles. The Morgan fingerprint density at radius 1 is 0.483 bits per heavy atom. The Hall–Kier alpha value is -3.57. The summed E-state index contributed by atoms with van der Waals surface area (Å²) in [6.07, 6.45) is 0. The first kappa shape index (κ1) is 18.8. The van der Waals surface area contributed by atoms with Gasteiger partial charge in [-0.25, -0.2) is 8.42 Å². The van der Waals surface area contributed by atoms with Crippen molar-refractivity contribution in [1.29, 1.82) is 0 Å². The minimum Gasteiger partial charge on any atom is -0.398 e. The molecule has 0 bridgehead atoms. The molecule has 0 amide bonds. The second kappa shape index (κ2) is 7.45. The lowest BCUT2D eigenvalue weighted by molar-refractivity contribution is 0.597. The third-order valence-corrected chi connectivity index (χ3v) is 6.71. The maximum atomic E-state index is 13.2. The van der Waals surface area contributed by atoms with Crippen LogP contribution in [-0.2, 0) is 9.84 Å². The zero-order chi connectivity index (χ0) is 20.4. The van der Waals surface area contributed by atoms with Crippen molar-refractivity contribution in [2.45, 2.75) is 9.79 Å². The summed E-state index contributed by atoms with van der Waals surface area (Å²) in [7, 11) is -3.85. The van der Waals surface area contributed by atoms with E-state index in [-0.39, 0.29) is 21.2 Å². The molecule has 0 saturated heterocycles. The van der Waals surface area contributed by atoms with Gasteiger partial charge in [-0.15, -0.1) is 0 Å². The van der Waals surface area contributed by atoms with E-state index >= 15 is 0 Å². The minimum atomic E-state index is -3.85. The van der Waals surface area contributed by atoms with E-state index in [4.69, 9.17) is 11.5 Å². The highest BCUT2D eigenvalue weighted by Crippen LogP contribution is 2.34. The maximum absolute atomic E-state index is 13.2. The molecule has 0 spiro atoms. The summed E-state index contributed by atoms with van der Waals surface area (Å²) in [6, 6.07) is 29.3. The van der Waals surface area contributed by atoms with Gasteiger partial charge in [0.15, 0.2) is 0 Å². The number of nitrogen functional groups attached to an aromatic ring is 2. The van der Waals surface area contributed by atoms with Crippen molar-refractivity contribution in [3.05, 3.63) is 97.1 Å². The Morgan fingerprint density at radius 2 is 0.862 bits per heavy atom. The van der Waals surface area contributed by atoms with E-state index < -0.39 is 9.84 Å². The standard InChI is InChI=1S/C24H20N2O2S/c25-21-15-19(17-7-3-1-4-8-17)11-13-23(21)29(27,28)24-14-12-20(16-22(24)26)18-9-5-2-6-10-18/h1-16H,25-26H2. The lowest BCUT2D eigenvalue weighted by Gasteiger charge is -2.13. The molecule has 0 unspecified atom stereocenters. The normalized spacial score (nSPS) is 11.3. The van der Waals surface area contributed by atoms with Gasteiger partial charge in [0, 0.05) is 0 Å². The highest BCUT2D eigenvalue weighted by atomic mass is 32.2. The molecule has 0 atom stereocenters. The fourth-order valence-electron chi connectivity index (χ4n) is 3.33. The fourth-order valence-corrected chi connectivity index (χ4v) is 4.79. The molecule has 144 valence electrons. The van der Waals surface area contributed by atoms with Crippen LogP contribution in [0, 0.1) is 0 Å². The van der Waals surface area contributed by atoms with E-state index in [2.05, 4.69) is 0 Å². The van der Waals surface area contributed by atoms with Crippen molar-refractivity contribution in [1.82, 2.24) is 0 Å². The molecule has 29 heavy (non-hydrogen) atoms. The zero-order valence-electron chi connectivity index (χ0n) is 15.6. The predicted octanol–water partition coefficient (Wildman–Crippen LogP) is 5.02. The first-order valence-electron chi connectivity index (χ1n) is 9.12. The molecule has 4 nitrogen and oxygen atoms in total. The molecule has 0 fully saturated rings. The molecule has 5 heteroatoms. The number of hydrogen-bond donors (Lipinski definition) is 2. The van der Waals surface area contributed by atoms with Gasteiger partial charge in [0.2, 0.25) is 9.84 Å². The SMILES string of the molecule is Nc1cc(-c2ccccc2)ccc1S(=O)(=O)c1ccc(-c2ccccc2)cc1N. The van der Waals surface area contributed by atoms with E-state index in [9.17, 15) is 8.42 Å². The van der Waals surface area contributed by atoms with Crippen LogP contribution >= 0.6 is 0 Å². The van der Waals surface area contributed by atoms with Crippen LogP contribution in [0.5, 0.6) is 0 Å². The summed E-state index contributed by atoms with van der Waals surface area (Å²) in [6.45, 7) is 0. The Balaban J connectivity index is 1.74. The van der Waals surface area contributed by atoms with Crippen LogP contribution in [0.1, 0.15) is 0 Å². The lowest BCUT2D eigenvalue weighted by Crippen LogP contribution is -2.08. The van der Waals surface area contributed by atoms with E-state index in [0.29, 0.717) is 0 Å². The zero-order valence-corrected chi connectivity index (χ0v) is 16.4.